The van der Waals surface area contributed by atoms with E-state index in [0.29, 0.717) is 28.8 Å². The standard InChI is InChI=1S/C20H24N2O4/c1-13(2)14-5-7-15(8-6-14)21-19(23)12-20(24)22-17-11-16(25-3)9-10-18(17)26-4/h5-11,13H,12H2,1-4H3,(H,21,23)(H,22,24). The number of amides is 2. The van der Waals surface area contributed by atoms with Crippen LogP contribution in [0.1, 0.15) is 31.7 Å². The van der Waals surface area contributed by atoms with Crippen molar-refractivity contribution in [1.82, 2.24) is 0 Å². The average molecular weight is 356 g/mol. The molecule has 0 saturated heterocycles. The van der Waals surface area contributed by atoms with E-state index in [1.807, 2.05) is 24.3 Å². The molecule has 0 aliphatic carbocycles. The lowest BCUT2D eigenvalue weighted by Gasteiger charge is -2.12. The van der Waals surface area contributed by atoms with Gasteiger partial charge in [-0.05, 0) is 35.7 Å². The van der Waals surface area contributed by atoms with Gasteiger partial charge in [0.15, 0.2) is 0 Å². The molecule has 2 amide bonds. The highest BCUT2D eigenvalue weighted by Gasteiger charge is 2.13. The molecule has 2 N–H and O–H groups in total. The second-order valence-electron chi connectivity index (χ2n) is 6.12. The highest BCUT2D eigenvalue weighted by Crippen LogP contribution is 2.29. The molecular formula is C20H24N2O4. The van der Waals surface area contributed by atoms with Crippen LogP contribution in [-0.2, 0) is 9.59 Å². The lowest BCUT2D eigenvalue weighted by Crippen LogP contribution is -2.21. The normalized spacial score (nSPS) is 10.3. The van der Waals surface area contributed by atoms with Gasteiger partial charge < -0.3 is 20.1 Å². The molecule has 0 aliphatic rings. The van der Waals surface area contributed by atoms with Crippen LogP contribution in [-0.4, -0.2) is 26.0 Å². The number of ether oxygens (including phenoxy) is 2. The maximum absolute atomic E-state index is 12.2. The SMILES string of the molecule is COc1ccc(OC)c(NC(=O)CC(=O)Nc2ccc(C(C)C)cc2)c1. The smallest absolute Gasteiger partial charge is 0.233 e. The summed E-state index contributed by atoms with van der Waals surface area (Å²) in [6.07, 6.45) is -0.299. The van der Waals surface area contributed by atoms with Crippen LogP contribution in [0.25, 0.3) is 0 Å². The van der Waals surface area contributed by atoms with Gasteiger partial charge in [0, 0.05) is 11.8 Å². The van der Waals surface area contributed by atoms with Gasteiger partial charge in [-0.2, -0.15) is 0 Å². The van der Waals surface area contributed by atoms with Crippen LogP contribution in [0.5, 0.6) is 11.5 Å². The Morgan fingerprint density at radius 1 is 0.923 bits per heavy atom. The van der Waals surface area contributed by atoms with Crippen LogP contribution >= 0.6 is 0 Å². The first kappa shape index (κ1) is 19.3. The molecule has 0 aromatic heterocycles. The lowest BCUT2D eigenvalue weighted by atomic mass is 10.0. The number of anilines is 2. The van der Waals surface area contributed by atoms with E-state index in [1.165, 1.54) is 19.8 Å². The summed E-state index contributed by atoms with van der Waals surface area (Å²) in [6, 6.07) is 12.6. The van der Waals surface area contributed by atoms with Crippen LogP contribution in [0, 0.1) is 0 Å². The van der Waals surface area contributed by atoms with Gasteiger partial charge in [-0.1, -0.05) is 26.0 Å². The second kappa shape index (κ2) is 8.89. The number of rotatable bonds is 7. The molecule has 0 radical (unpaired) electrons. The first-order valence-corrected chi connectivity index (χ1v) is 8.34. The number of methoxy groups -OCH3 is 2. The second-order valence-corrected chi connectivity index (χ2v) is 6.12. The molecule has 6 heteroatoms. The van der Waals surface area contributed by atoms with Gasteiger partial charge in [0.05, 0.1) is 19.9 Å². The van der Waals surface area contributed by atoms with Gasteiger partial charge in [-0.15, -0.1) is 0 Å². The summed E-state index contributed by atoms with van der Waals surface area (Å²) in [6.45, 7) is 4.20. The predicted molar refractivity (Wildman–Crippen MR) is 102 cm³/mol. The Morgan fingerprint density at radius 3 is 2.15 bits per heavy atom. The van der Waals surface area contributed by atoms with Crippen molar-refractivity contribution >= 4 is 23.2 Å². The summed E-state index contributed by atoms with van der Waals surface area (Å²) < 4.78 is 10.3. The average Bonchev–Trinajstić information content (AvgIpc) is 2.61. The molecule has 138 valence electrons. The van der Waals surface area contributed by atoms with Crippen molar-refractivity contribution in [3.8, 4) is 11.5 Å². The number of nitrogens with one attached hydrogen (secondary N) is 2. The number of hydrogen-bond acceptors (Lipinski definition) is 4. The minimum Gasteiger partial charge on any atom is -0.497 e. The molecule has 26 heavy (non-hydrogen) atoms. The van der Waals surface area contributed by atoms with E-state index in [1.54, 1.807) is 18.2 Å². The Bertz CT molecular complexity index is 770. The van der Waals surface area contributed by atoms with Gasteiger partial charge in [0.2, 0.25) is 11.8 Å². The molecule has 0 spiro atoms. The van der Waals surface area contributed by atoms with E-state index in [4.69, 9.17) is 9.47 Å². The minimum absolute atomic E-state index is 0.299. The van der Waals surface area contributed by atoms with Crippen LogP contribution in [0.2, 0.25) is 0 Å². The summed E-state index contributed by atoms with van der Waals surface area (Å²) in [5.41, 5.74) is 2.29. The Kier molecular flexibility index (Phi) is 6.60. The van der Waals surface area contributed by atoms with Crippen LogP contribution < -0.4 is 20.1 Å². The zero-order chi connectivity index (χ0) is 19.1. The molecule has 2 aromatic rings. The summed E-state index contributed by atoms with van der Waals surface area (Å²) in [5.74, 6) is 0.664. The number of hydrogen-bond donors (Lipinski definition) is 2. The molecule has 2 rings (SSSR count). The Morgan fingerprint density at radius 2 is 1.58 bits per heavy atom. The van der Waals surface area contributed by atoms with E-state index in [2.05, 4.69) is 24.5 Å². The fourth-order valence-corrected chi connectivity index (χ4v) is 2.41. The fraction of sp³-hybridized carbons (Fsp3) is 0.300. The highest BCUT2D eigenvalue weighted by molar-refractivity contribution is 6.08. The molecule has 0 aliphatic heterocycles. The van der Waals surface area contributed by atoms with E-state index in [0.717, 1.165) is 0 Å². The van der Waals surface area contributed by atoms with Crippen LogP contribution in [0.4, 0.5) is 11.4 Å². The van der Waals surface area contributed by atoms with Crippen molar-refractivity contribution in [2.75, 3.05) is 24.9 Å². The lowest BCUT2D eigenvalue weighted by molar-refractivity contribution is -0.123. The summed E-state index contributed by atoms with van der Waals surface area (Å²) in [5, 5.41) is 5.39. The third-order valence-corrected chi connectivity index (χ3v) is 3.86. The van der Waals surface area contributed by atoms with Crippen molar-refractivity contribution in [2.45, 2.75) is 26.2 Å². The third kappa shape index (κ3) is 5.24. The number of benzene rings is 2. The van der Waals surface area contributed by atoms with Crippen LogP contribution in [0.3, 0.4) is 0 Å². The van der Waals surface area contributed by atoms with Gasteiger partial charge in [-0.3, -0.25) is 9.59 Å². The molecule has 0 unspecified atom stereocenters. The van der Waals surface area contributed by atoms with Crippen molar-refractivity contribution in [1.29, 1.82) is 0 Å². The molecule has 0 heterocycles. The minimum atomic E-state index is -0.437. The number of carbonyl (C=O) groups is 2. The number of carbonyl (C=O) groups excluding carboxylic acids is 2. The maximum Gasteiger partial charge on any atom is 0.233 e. The van der Waals surface area contributed by atoms with Crippen molar-refractivity contribution in [2.24, 2.45) is 0 Å². The Labute approximate surface area is 153 Å². The Balaban J connectivity index is 1.96. The van der Waals surface area contributed by atoms with Crippen molar-refractivity contribution in [3.63, 3.8) is 0 Å². The molecule has 6 nitrogen and oxygen atoms in total. The summed E-state index contributed by atoms with van der Waals surface area (Å²) in [4.78, 5) is 24.2. The highest BCUT2D eigenvalue weighted by atomic mass is 16.5. The molecule has 0 atom stereocenters. The molecule has 0 fully saturated rings. The first-order chi connectivity index (χ1) is 12.4. The van der Waals surface area contributed by atoms with Crippen molar-refractivity contribution < 1.29 is 19.1 Å². The van der Waals surface area contributed by atoms with Gasteiger partial charge in [0.25, 0.3) is 0 Å². The van der Waals surface area contributed by atoms with Crippen molar-refractivity contribution in [3.05, 3.63) is 48.0 Å². The topological polar surface area (TPSA) is 76.7 Å². The van der Waals surface area contributed by atoms with E-state index in [9.17, 15) is 9.59 Å². The quantitative estimate of drug-likeness (QED) is 0.740. The summed E-state index contributed by atoms with van der Waals surface area (Å²) >= 11 is 0. The molecule has 0 saturated carbocycles. The monoisotopic (exact) mass is 356 g/mol. The Hall–Kier alpha value is -3.02. The first-order valence-electron chi connectivity index (χ1n) is 8.34. The predicted octanol–water partition coefficient (Wildman–Crippen LogP) is 3.79. The largest absolute Gasteiger partial charge is 0.497 e. The zero-order valence-electron chi connectivity index (χ0n) is 15.5. The van der Waals surface area contributed by atoms with Gasteiger partial charge >= 0.3 is 0 Å². The maximum atomic E-state index is 12.2. The third-order valence-electron chi connectivity index (χ3n) is 3.86. The molecule has 0 bridgehead atoms. The summed E-state index contributed by atoms with van der Waals surface area (Å²) in [7, 11) is 3.04. The molecular weight excluding hydrogens is 332 g/mol. The fourth-order valence-electron chi connectivity index (χ4n) is 2.41. The zero-order valence-corrected chi connectivity index (χ0v) is 15.5. The van der Waals surface area contributed by atoms with Gasteiger partial charge in [-0.25, -0.2) is 0 Å². The van der Waals surface area contributed by atoms with E-state index < -0.39 is 5.91 Å². The van der Waals surface area contributed by atoms with Gasteiger partial charge in [0.1, 0.15) is 17.9 Å². The molecule has 2 aromatic carbocycles. The van der Waals surface area contributed by atoms with E-state index >= 15 is 0 Å². The van der Waals surface area contributed by atoms with E-state index in [-0.39, 0.29) is 12.3 Å². The van der Waals surface area contributed by atoms with Crippen LogP contribution in [0.15, 0.2) is 42.5 Å².